The lowest BCUT2D eigenvalue weighted by Gasteiger charge is -2.43. The molecule has 0 saturated carbocycles. The molecule has 1 aliphatic rings. The molecule has 0 spiro atoms. The summed E-state index contributed by atoms with van der Waals surface area (Å²) in [6.07, 6.45) is 14.1. The lowest BCUT2D eigenvalue weighted by molar-refractivity contribution is 0.0684. The topological polar surface area (TPSA) is 29.5 Å². The summed E-state index contributed by atoms with van der Waals surface area (Å²) in [6, 6.07) is 21.5. The summed E-state index contributed by atoms with van der Waals surface area (Å²) in [6.45, 7) is 13.9. The first kappa shape index (κ1) is 26.4. The van der Waals surface area contributed by atoms with Crippen molar-refractivity contribution in [2.45, 2.75) is 65.5 Å². The molecule has 34 heavy (non-hydrogen) atoms. The van der Waals surface area contributed by atoms with Gasteiger partial charge in [0.05, 0.1) is 6.10 Å². The van der Waals surface area contributed by atoms with E-state index in [9.17, 15) is 5.11 Å². The Morgan fingerprint density at radius 2 is 1.41 bits per heavy atom. The van der Waals surface area contributed by atoms with E-state index in [-0.39, 0.29) is 15.9 Å². The third-order valence-corrected chi connectivity index (χ3v) is 12.2. The molecule has 182 valence electrons. The number of benzene rings is 2. The average Bonchev–Trinajstić information content (AvgIpc) is 2.81. The van der Waals surface area contributed by atoms with E-state index in [2.05, 4.69) is 133 Å². The molecule has 1 atom stereocenters. The average molecular weight is 475 g/mol. The normalized spacial score (nSPS) is 17.3. The molecule has 2 aromatic carbocycles. The molecular weight excluding hydrogens is 432 g/mol. The maximum atomic E-state index is 11.1. The van der Waals surface area contributed by atoms with Gasteiger partial charge in [-0.3, -0.25) is 0 Å². The van der Waals surface area contributed by atoms with Crippen molar-refractivity contribution in [3.63, 3.8) is 0 Å². The van der Waals surface area contributed by atoms with Crippen molar-refractivity contribution >= 4 is 18.7 Å². The summed E-state index contributed by atoms with van der Waals surface area (Å²) in [4.78, 5) is 0. The molecule has 1 aliphatic carbocycles. The Kier molecular flexibility index (Phi) is 8.23. The maximum Gasteiger partial charge on any atom is 0.261 e. The van der Waals surface area contributed by atoms with Crippen molar-refractivity contribution in [3.8, 4) is 0 Å². The minimum atomic E-state index is -2.56. The van der Waals surface area contributed by atoms with Gasteiger partial charge in [0.1, 0.15) is 0 Å². The highest BCUT2D eigenvalue weighted by Crippen LogP contribution is 2.38. The van der Waals surface area contributed by atoms with E-state index in [0.717, 1.165) is 12.8 Å². The Labute approximate surface area is 208 Å². The third kappa shape index (κ3) is 5.89. The van der Waals surface area contributed by atoms with Gasteiger partial charge in [0, 0.05) is 12.0 Å². The van der Waals surface area contributed by atoms with Crippen molar-refractivity contribution in [1.29, 1.82) is 0 Å². The molecule has 0 amide bonds. The fourth-order valence-corrected chi connectivity index (χ4v) is 9.39. The SMILES string of the molecule is CC1(/C=C/C(O)C(C)(C)CCO[Si](c2ccccc2)(c2ccccc2)C(C)(C)C)C=CCC=C1. The number of allylic oxidation sites excluding steroid dienone is 5. The largest absolute Gasteiger partial charge is 0.407 e. The zero-order chi connectivity index (χ0) is 24.9. The standard InChI is InChI=1S/C31H42O2Si/c1-29(2,3)34(26-16-10-7-11-17-26,27-18-12-8-13-19-27)33-25-24-30(4,5)28(32)20-23-31(6)21-14-9-15-22-31/h7-8,10-23,28,32H,9,24-25H2,1-6H3/b23-20+. The second-order valence-electron chi connectivity index (χ2n) is 11.5. The van der Waals surface area contributed by atoms with Gasteiger partial charge in [-0.25, -0.2) is 0 Å². The molecule has 0 aliphatic heterocycles. The van der Waals surface area contributed by atoms with Crippen molar-refractivity contribution in [2.75, 3.05) is 6.61 Å². The van der Waals surface area contributed by atoms with E-state index in [0.29, 0.717) is 6.61 Å². The van der Waals surface area contributed by atoms with E-state index in [1.807, 2.05) is 6.08 Å². The van der Waals surface area contributed by atoms with Crippen molar-refractivity contribution < 1.29 is 9.53 Å². The molecule has 2 aromatic rings. The molecule has 3 heteroatoms. The van der Waals surface area contributed by atoms with Gasteiger partial charge in [0.15, 0.2) is 0 Å². The monoisotopic (exact) mass is 474 g/mol. The van der Waals surface area contributed by atoms with Gasteiger partial charge in [-0.15, -0.1) is 0 Å². The predicted octanol–water partition coefficient (Wildman–Crippen LogP) is 6.42. The molecule has 2 nitrogen and oxygen atoms in total. The van der Waals surface area contributed by atoms with E-state index >= 15 is 0 Å². The summed E-state index contributed by atoms with van der Waals surface area (Å²) in [5, 5.41) is 13.6. The van der Waals surface area contributed by atoms with Crippen LogP contribution in [0, 0.1) is 10.8 Å². The summed E-state index contributed by atoms with van der Waals surface area (Å²) in [5.41, 5.74) is -0.429. The van der Waals surface area contributed by atoms with Gasteiger partial charge in [-0.05, 0) is 40.6 Å². The van der Waals surface area contributed by atoms with E-state index in [4.69, 9.17) is 4.43 Å². The number of aliphatic hydroxyl groups excluding tert-OH is 1. The summed E-state index contributed by atoms with van der Waals surface area (Å²) >= 11 is 0. The minimum Gasteiger partial charge on any atom is -0.407 e. The van der Waals surface area contributed by atoms with Crippen LogP contribution in [0.25, 0.3) is 0 Å². The van der Waals surface area contributed by atoms with Crippen LogP contribution in [0.5, 0.6) is 0 Å². The van der Waals surface area contributed by atoms with Crippen LogP contribution in [0.4, 0.5) is 0 Å². The Hall–Kier alpha value is -2.20. The zero-order valence-corrected chi connectivity index (χ0v) is 22.8. The number of rotatable bonds is 9. The van der Waals surface area contributed by atoms with E-state index < -0.39 is 14.4 Å². The highest BCUT2D eigenvalue weighted by Gasteiger charge is 2.50. The summed E-state index contributed by atoms with van der Waals surface area (Å²) < 4.78 is 7.05. The highest BCUT2D eigenvalue weighted by molar-refractivity contribution is 6.99. The van der Waals surface area contributed by atoms with Crippen LogP contribution in [0.3, 0.4) is 0 Å². The van der Waals surface area contributed by atoms with Gasteiger partial charge < -0.3 is 9.53 Å². The lowest BCUT2D eigenvalue weighted by atomic mass is 9.80. The number of hydrogen-bond donors (Lipinski definition) is 1. The highest BCUT2D eigenvalue weighted by atomic mass is 28.4. The first-order valence-corrected chi connectivity index (χ1v) is 14.4. The lowest BCUT2D eigenvalue weighted by Crippen LogP contribution is -2.66. The Bertz CT molecular complexity index is 945. The van der Waals surface area contributed by atoms with Gasteiger partial charge >= 0.3 is 0 Å². The molecule has 0 radical (unpaired) electrons. The van der Waals surface area contributed by atoms with Crippen LogP contribution in [0.15, 0.2) is 97.1 Å². The van der Waals surface area contributed by atoms with Crippen LogP contribution in [0.1, 0.15) is 54.4 Å². The van der Waals surface area contributed by atoms with E-state index in [1.165, 1.54) is 10.4 Å². The fourth-order valence-electron chi connectivity index (χ4n) is 4.82. The fraction of sp³-hybridized carbons (Fsp3) is 0.419. The third-order valence-electron chi connectivity index (χ3n) is 7.15. The van der Waals surface area contributed by atoms with Crippen LogP contribution in [-0.4, -0.2) is 26.1 Å². The van der Waals surface area contributed by atoms with Gasteiger partial charge in [0.2, 0.25) is 0 Å². The summed E-state index contributed by atoms with van der Waals surface area (Å²) in [5.74, 6) is 0. The second-order valence-corrected chi connectivity index (χ2v) is 15.8. The van der Waals surface area contributed by atoms with E-state index in [1.54, 1.807) is 0 Å². The Morgan fingerprint density at radius 1 is 0.912 bits per heavy atom. The maximum absolute atomic E-state index is 11.1. The van der Waals surface area contributed by atoms with Crippen LogP contribution >= 0.6 is 0 Å². The predicted molar refractivity (Wildman–Crippen MR) is 148 cm³/mol. The Morgan fingerprint density at radius 3 is 1.88 bits per heavy atom. The molecule has 0 aromatic heterocycles. The van der Waals surface area contributed by atoms with Crippen LogP contribution in [-0.2, 0) is 4.43 Å². The van der Waals surface area contributed by atoms with Crippen LogP contribution in [0.2, 0.25) is 5.04 Å². The van der Waals surface area contributed by atoms with Gasteiger partial charge in [-0.2, -0.15) is 0 Å². The first-order chi connectivity index (χ1) is 16.0. The van der Waals surface area contributed by atoms with Crippen molar-refractivity contribution in [2.24, 2.45) is 10.8 Å². The number of hydrogen-bond acceptors (Lipinski definition) is 2. The molecule has 1 N–H and O–H groups in total. The second kappa shape index (κ2) is 10.6. The van der Waals surface area contributed by atoms with Crippen molar-refractivity contribution in [3.05, 3.63) is 97.1 Å². The quantitative estimate of drug-likeness (QED) is 0.336. The Balaban J connectivity index is 1.82. The summed E-state index contributed by atoms with van der Waals surface area (Å²) in [7, 11) is -2.56. The molecule has 1 unspecified atom stereocenters. The van der Waals surface area contributed by atoms with Crippen molar-refractivity contribution in [1.82, 2.24) is 0 Å². The first-order valence-electron chi connectivity index (χ1n) is 12.5. The number of aliphatic hydroxyl groups is 1. The van der Waals surface area contributed by atoms with Gasteiger partial charge in [-0.1, -0.05) is 132 Å². The zero-order valence-electron chi connectivity index (χ0n) is 21.8. The molecule has 0 saturated heterocycles. The minimum absolute atomic E-state index is 0.0490. The molecule has 3 rings (SSSR count). The molecule has 0 fully saturated rings. The molecular formula is C31H42O2Si. The molecule has 0 heterocycles. The van der Waals surface area contributed by atoms with Gasteiger partial charge in [0.25, 0.3) is 8.32 Å². The van der Waals surface area contributed by atoms with Crippen LogP contribution < -0.4 is 10.4 Å². The molecule has 0 bridgehead atoms. The smallest absolute Gasteiger partial charge is 0.261 e.